The number of nitrogens with one attached hydrogen (secondary N) is 1. The predicted molar refractivity (Wildman–Crippen MR) is 74.1 cm³/mol. The maximum atomic E-state index is 11.9. The van der Waals surface area contributed by atoms with E-state index >= 15 is 0 Å². The van der Waals surface area contributed by atoms with Crippen LogP contribution in [0.25, 0.3) is 0 Å². The summed E-state index contributed by atoms with van der Waals surface area (Å²) in [6.45, 7) is 0. The zero-order chi connectivity index (χ0) is 14.0. The van der Waals surface area contributed by atoms with Gasteiger partial charge >= 0.3 is 0 Å². The molecule has 0 radical (unpaired) electrons. The molecular formula is C10H14N2O4S3. The molecule has 3 N–H and O–H groups in total. The average Bonchev–Trinajstić information content (AvgIpc) is 2.81. The second-order valence-electron chi connectivity index (χ2n) is 4.30. The first-order valence-electron chi connectivity index (χ1n) is 5.63. The van der Waals surface area contributed by atoms with Crippen molar-refractivity contribution in [3.8, 4) is 0 Å². The standard InChI is InChI=1S/C10H14N2O4S3/c11-19(15,16)9-5-7(6-17-9)10(13)12-8-1-3-18(14)4-2-8/h5-6,8H,1-4H2,(H,12,13)(H2,11,15,16). The molecule has 2 heterocycles. The van der Waals surface area contributed by atoms with Crippen molar-refractivity contribution in [2.45, 2.75) is 23.1 Å². The van der Waals surface area contributed by atoms with E-state index in [1.165, 1.54) is 11.4 Å². The van der Waals surface area contributed by atoms with E-state index < -0.39 is 20.8 Å². The Bertz CT molecular complexity index is 598. The van der Waals surface area contributed by atoms with Crippen LogP contribution < -0.4 is 10.5 Å². The van der Waals surface area contributed by atoms with Crippen molar-refractivity contribution < 1.29 is 17.4 Å². The highest BCUT2D eigenvalue weighted by atomic mass is 32.2. The number of primary sulfonamides is 1. The van der Waals surface area contributed by atoms with Gasteiger partial charge in [-0.2, -0.15) is 0 Å². The average molecular weight is 322 g/mol. The number of amides is 1. The minimum Gasteiger partial charge on any atom is -0.349 e. The first-order chi connectivity index (χ1) is 8.86. The van der Waals surface area contributed by atoms with Crippen LogP contribution in [0.15, 0.2) is 15.7 Å². The molecule has 0 spiro atoms. The Hall–Kier alpha value is -0.770. The topological polar surface area (TPSA) is 106 Å². The molecule has 1 aliphatic heterocycles. The third-order valence-electron chi connectivity index (χ3n) is 2.84. The number of carbonyl (C=O) groups excluding carboxylic acids is 1. The smallest absolute Gasteiger partial charge is 0.252 e. The molecule has 0 unspecified atom stereocenters. The first kappa shape index (κ1) is 14.6. The SMILES string of the molecule is NS(=O)(=O)c1cc(C(=O)NC2CCS(=O)CC2)cs1. The molecule has 1 aromatic heterocycles. The Morgan fingerprint density at radius 2 is 2.05 bits per heavy atom. The molecule has 0 atom stereocenters. The fraction of sp³-hybridized carbons (Fsp3) is 0.500. The van der Waals surface area contributed by atoms with Crippen LogP contribution in [0.2, 0.25) is 0 Å². The van der Waals surface area contributed by atoms with E-state index in [1.54, 1.807) is 0 Å². The first-order valence-corrected chi connectivity index (χ1v) is 9.55. The highest BCUT2D eigenvalue weighted by Gasteiger charge is 2.21. The zero-order valence-electron chi connectivity index (χ0n) is 10.00. The number of rotatable bonds is 3. The minimum atomic E-state index is -3.76. The summed E-state index contributed by atoms with van der Waals surface area (Å²) in [4.78, 5) is 11.9. The summed E-state index contributed by atoms with van der Waals surface area (Å²) >= 11 is 0.925. The van der Waals surface area contributed by atoms with Crippen molar-refractivity contribution in [1.29, 1.82) is 0 Å². The Kier molecular flexibility index (Phi) is 4.39. The molecule has 2 rings (SSSR count). The monoisotopic (exact) mass is 322 g/mol. The molecule has 6 nitrogen and oxygen atoms in total. The van der Waals surface area contributed by atoms with Crippen molar-refractivity contribution in [2.24, 2.45) is 5.14 Å². The highest BCUT2D eigenvalue weighted by molar-refractivity contribution is 7.91. The van der Waals surface area contributed by atoms with Crippen LogP contribution in [-0.4, -0.2) is 36.1 Å². The van der Waals surface area contributed by atoms with Crippen LogP contribution >= 0.6 is 11.3 Å². The van der Waals surface area contributed by atoms with Gasteiger partial charge in [0.05, 0.1) is 5.56 Å². The van der Waals surface area contributed by atoms with Crippen LogP contribution in [0.5, 0.6) is 0 Å². The molecule has 0 aromatic carbocycles. The fourth-order valence-electron chi connectivity index (χ4n) is 1.79. The summed E-state index contributed by atoms with van der Waals surface area (Å²) in [5.74, 6) is 0.873. The number of carbonyl (C=O) groups is 1. The van der Waals surface area contributed by atoms with E-state index in [9.17, 15) is 17.4 Å². The van der Waals surface area contributed by atoms with Crippen LogP contribution in [0.4, 0.5) is 0 Å². The summed E-state index contributed by atoms with van der Waals surface area (Å²) in [6.07, 6.45) is 1.37. The normalized spacial score (nSPS) is 24.1. The lowest BCUT2D eigenvalue weighted by molar-refractivity contribution is 0.0935. The van der Waals surface area contributed by atoms with Crippen molar-refractivity contribution in [2.75, 3.05) is 11.5 Å². The molecule has 1 saturated heterocycles. The van der Waals surface area contributed by atoms with Gasteiger partial charge in [-0.3, -0.25) is 9.00 Å². The van der Waals surface area contributed by atoms with Crippen molar-refractivity contribution in [3.05, 3.63) is 17.0 Å². The van der Waals surface area contributed by atoms with Crippen LogP contribution in [0.3, 0.4) is 0 Å². The van der Waals surface area contributed by atoms with E-state index in [2.05, 4.69) is 5.32 Å². The Balaban J connectivity index is 2.00. The third-order valence-corrected chi connectivity index (χ3v) is 6.61. The van der Waals surface area contributed by atoms with Gasteiger partial charge in [-0.05, 0) is 18.9 Å². The number of hydrogen-bond donors (Lipinski definition) is 2. The summed E-state index contributed by atoms with van der Waals surface area (Å²) < 4.78 is 33.4. The lowest BCUT2D eigenvalue weighted by Gasteiger charge is -2.22. The summed E-state index contributed by atoms with van der Waals surface area (Å²) in [5, 5.41) is 9.27. The number of sulfonamides is 1. The Morgan fingerprint density at radius 1 is 1.42 bits per heavy atom. The lowest BCUT2D eigenvalue weighted by atomic mass is 10.1. The Morgan fingerprint density at radius 3 is 2.58 bits per heavy atom. The molecular weight excluding hydrogens is 308 g/mol. The fourth-order valence-corrected chi connectivity index (χ4v) is 4.68. The second kappa shape index (κ2) is 5.70. The van der Waals surface area contributed by atoms with E-state index in [0.717, 1.165) is 11.3 Å². The van der Waals surface area contributed by atoms with Gasteiger partial charge in [0.1, 0.15) is 4.21 Å². The summed E-state index contributed by atoms with van der Waals surface area (Å²) in [5.41, 5.74) is 0.292. The predicted octanol–water partition coefficient (Wildman–Crippen LogP) is 0.0364. The van der Waals surface area contributed by atoms with Gasteiger partial charge in [-0.1, -0.05) is 0 Å². The van der Waals surface area contributed by atoms with Crippen LogP contribution in [0, 0.1) is 0 Å². The van der Waals surface area contributed by atoms with Gasteiger partial charge < -0.3 is 5.32 Å². The highest BCUT2D eigenvalue weighted by Crippen LogP contribution is 2.19. The van der Waals surface area contributed by atoms with Gasteiger partial charge in [-0.25, -0.2) is 13.6 Å². The number of nitrogens with two attached hydrogens (primary N) is 1. The van der Waals surface area contributed by atoms with Gasteiger partial charge in [0.25, 0.3) is 5.91 Å². The quantitative estimate of drug-likeness (QED) is 0.819. The van der Waals surface area contributed by atoms with Crippen molar-refractivity contribution >= 4 is 38.1 Å². The molecule has 0 aliphatic carbocycles. The molecule has 106 valence electrons. The molecule has 19 heavy (non-hydrogen) atoms. The largest absolute Gasteiger partial charge is 0.349 e. The molecule has 1 aromatic rings. The summed E-state index contributed by atoms with van der Waals surface area (Å²) in [7, 11) is -4.53. The molecule has 1 aliphatic rings. The van der Waals surface area contributed by atoms with Gasteiger partial charge in [0.15, 0.2) is 0 Å². The van der Waals surface area contributed by atoms with E-state index in [4.69, 9.17) is 5.14 Å². The lowest BCUT2D eigenvalue weighted by Crippen LogP contribution is -2.39. The van der Waals surface area contributed by atoms with E-state index in [0.29, 0.717) is 29.9 Å². The molecule has 0 bridgehead atoms. The third kappa shape index (κ3) is 3.85. The van der Waals surface area contributed by atoms with Gasteiger partial charge in [-0.15, -0.1) is 11.3 Å². The van der Waals surface area contributed by atoms with Gasteiger partial charge in [0, 0.05) is 33.7 Å². The number of hydrogen-bond acceptors (Lipinski definition) is 5. The molecule has 1 fully saturated rings. The van der Waals surface area contributed by atoms with E-state index in [-0.39, 0.29) is 16.2 Å². The summed E-state index contributed by atoms with van der Waals surface area (Å²) in [6, 6.07) is 1.28. The van der Waals surface area contributed by atoms with E-state index in [1.807, 2.05) is 0 Å². The Labute approximate surface area is 117 Å². The molecule has 9 heteroatoms. The second-order valence-corrected chi connectivity index (χ2v) is 8.69. The maximum absolute atomic E-state index is 11.9. The maximum Gasteiger partial charge on any atom is 0.252 e. The molecule has 0 saturated carbocycles. The molecule has 1 amide bonds. The zero-order valence-corrected chi connectivity index (χ0v) is 12.4. The minimum absolute atomic E-state index is 0.00281. The van der Waals surface area contributed by atoms with Crippen molar-refractivity contribution in [3.63, 3.8) is 0 Å². The van der Waals surface area contributed by atoms with Crippen LogP contribution in [0.1, 0.15) is 23.2 Å². The van der Waals surface area contributed by atoms with Crippen molar-refractivity contribution in [1.82, 2.24) is 5.32 Å². The number of thiophene rings is 1. The van der Waals surface area contributed by atoms with Crippen LogP contribution in [-0.2, 0) is 20.8 Å². The van der Waals surface area contributed by atoms with Gasteiger partial charge in [0.2, 0.25) is 10.0 Å².